The van der Waals surface area contributed by atoms with Crippen molar-refractivity contribution in [1.82, 2.24) is 5.32 Å². The lowest BCUT2D eigenvalue weighted by molar-refractivity contribution is -0.461. The number of carbonyl (C=O) groups is 1. The lowest BCUT2D eigenvalue weighted by atomic mass is 9.92. The van der Waals surface area contributed by atoms with E-state index in [4.69, 9.17) is 18.9 Å². The summed E-state index contributed by atoms with van der Waals surface area (Å²) in [5, 5.41) is 2.62. The van der Waals surface area contributed by atoms with Crippen molar-refractivity contribution in [3.05, 3.63) is 35.9 Å². The Morgan fingerprint density at radius 2 is 1.81 bits per heavy atom. The Morgan fingerprint density at radius 1 is 1.19 bits per heavy atom. The van der Waals surface area contributed by atoms with Crippen molar-refractivity contribution >= 4 is 6.09 Å². The first-order chi connectivity index (χ1) is 10.1. The predicted octanol–water partition coefficient (Wildman–Crippen LogP) is 1.65. The van der Waals surface area contributed by atoms with Gasteiger partial charge in [0.1, 0.15) is 13.2 Å². The Morgan fingerprint density at radius 3 is 2.43 bits per heavy atom. The van der Waals surface area contributed by atoms with Gasteiger partial charge in [-0.05, 0) is 5.56 Å². The van der Waals surface area contributed by atoms with Crippen molar-refractivity contribution in [3.8, 4) is 0 Å². The second kappa shape index (κ2) is 5.63. The molecule has 0 radical (unpaired) electrons. The molecule has 0 atom stereocenters. The third-order valence-electron chi connectivity index (χ3n) is 3.58. The molecule has 0 saturated carbocycles. The Balaban J connectivity index is 1.44. The highest BCUT2D eigenvalue weighted by atomic mass is 16.9. The second-order valence-corrected chi connectivity index (χ2v) is 5.77. The molecule has 1 aromatic carbocycles. The Labute approximate surface area is 123 Å². The molecule has 114 valence electrons. The van der Waals surface area contributed by atoms with Crippen molar-refractivity contribution in [1.29, 1.82) is 0 Å². The van der Waals surface area contributed by atoms with Gasteiger partial charge in [0.15, 0.2) is 0 Å². The number of hydrogen-bond acceptors (Lipinski definition) is 5. The first-order valence-electron chi connectivity index (χ1n) is 6.96. The minimum atomic E-state index is -1.16. The molecule has 3 aliphatic heterocycles. The molecule has 0 spiro atoms. The fourth-order valence-corrected chi connectivity index (χ4v) is 2.21. The van der Waals surface area contributed by atoms with Crippen LogP contribution in [0.3, 0.4) is 0 Å². The van der Waals surface area contributed by atoms with Crippen LogP contribution in [0.4, 0.5) is 4.79 Å². The van der Waals surface area contributed by atoms with E-state index in [0.29, 0.717) is 19.8 Å². The number of fused-ring (bicyclic) bond motifs is 3. The number of rotatable bonds is 4. The van der Waals surface area contributed by atoms with Gasteiger partial charge in [0.2, 0.25) is 0 Å². The third kappa shape index (κ3) is 3.34. The minimum absolute atomic E-state index is 0.0877. The van der Waals surface area contributed by atoms with Crippen LogP contribution in [0.1, 0.15) is 12.5 Å². The number of carbonyl (C=O) groups excluding carboxylic acids is 1. The number of hydrogen-bond donors (Lipinski definition) is 1. The monoisotopic (exact) mass is 293 g/mol. The van der Waals surface area contributed by atoms with Crippen molar-refractivity contribution in [2.24, 2.45) is 5.41 Å². The van der Waals surface area contributed by atoms with Crippen LogP contribution in [-0.2, 0) is 25.6 Å². The van der Waals surface area contributed by atoms with E-state index in [9.17, 15) is 4.79 Å². The molecule has 0 unspecified atom stereocenters. The summed E-state index contributed by atoms with van der Waals surface area (Å²) in [5.74, 6) is -1.16. The zero-order chi connectivity index (χ0) is 14.8. The number of amides is 1. The van der Waals surface area contributed by atoms with Gasteiger partial charge in [-0.25, -0.2) is 4.79 Å². The van der Waals surface area contributed by atoms with Gasteiger partial charge >= 0.3 is 12.1 Å². The first-order valence-corrected chi connectivity index (χ1v) is 6.96. The highest BCUT2D eigenvalue weighted by Gasteiger charge is 2.50. The van der Waals surface area contributed by atoms with E-state index < -0.39 is 12.1 Å². The molecular weight excluding hydrogens is 274 g/mol. The average Bonchev–Trinajstić information content (AvgIpc) is 2.53. The van der Waals surface area contributed by atoms with Gasteiger partial charge < -0.3 is 24.3 Å². The molecule has 0 aliphatic carbocycles. The topological polar surface area (TPSA) is 66.0 Å². The van der Waals surface area contributed by atoms with Crippen LogP contribution in [0.2, 0.25) is 0 Å². The van der Waals surface area contributed by atoms with Crippen molar-refractivity contribution in [2.45, 2.75) is 19.5 Å². The maximum Gasteiger partial charge on any atom is 0.407 e. The van der Waals surface area contributed by atoms with Crippen LogP contribution in [0.25, 0.3) is 0 Å². The van der Waals surface area contributed by atoms with Gasteiger partial charge in [0, 0.05) is 5.41 Å². The van der Waals surface area contributed by atoms with E-state index in [1.165, 1.54) is 0 Å². The molecular formula is C15H19NO5. The van der Waals surface area contributed by atoms with Gasteiger partial charge in [-0.2, -0.15) is 0 Å². The van der Waals surface area contributed by atoms with Crippen LogP contribution in [-0.4, -0.2) is 38.4 Å². The van der Waals surface area contributed by atoms with Crippen molar-refractivity contribution in [3.63, 3.8) is 0 Å². The Kier molecular flexibility index (Phi) is 3.84. The zero-order valence-electron chi connectivity index (χ0n) is 12.0. The van der Waals surface area contributed by atoms with E-state index in [1.807, 2.05) is 37.3 Å². The Bertz CT molecular complexity index is 480. The summed E-state index contributed by atoms with van der Waals surface area (Å²) in [6, 6.07) is 9.49. The van der Waals surface area contributed by atoms with Crippen LogP contribution < -0.4 is 5.32 Å². The van der Waals surface area contributed by atoms with Gasteiger partial charge in [-0.3, -0.25) is 0 Å². The molecule has 0 aromatic heterocycles. The molecule has 1 N–H and O–H groups in total. The van der Waals surface area contributed by atoms with Gasteiger partial charge in [-0.15, -0.1) is 0 Å². The highest BCUT2D eigenvalue weighted by molar-refractivity contribution is 5.67. The smallest absolute Gasteiger partial charge is 0.407 e. The summed E-state index contributed by atoms with van der Waals surface area (Å²) in [6.45, 7) is 4.06. The van der Waals surface area contributed by atoms with Gasteiger partial charge in [0.25, 0.3) is 0 Å². The second-order valence-electron chi connectivity index (χ2n) is 5.77. The van der Waals surface area contributed by atoms with E-state index in [0.717, 1.165) is 5.56 Å². The number of alkyl carbamates (subject to hydrolysis) is 1. The molecule has 4 rings (SSSR count). The number of ether oxygens (including phenoxy) is 4. The SMILES string of the molecule is CC12COC(CNC(=O)OCc3ccccc3)(OC1)OC2. The summed E-state index contributed by atoms with van der Waals surface area (Å²) in [6.07, 6.45) is -0.525. The van der Waals surface area contributed by atoms with Crippen LogP contribution in [0.5, 0.6) is 0 Å². The van der Waals surface area contributed by atoms with Crippen molar-refractivity contribution in [2.75, 3.05) is 26.4 Å². The maximum absolute atomic E-state index is 11.7. The number of benzene rings is 1. The van der Waals surface area contributed by atoms with Crippen molar-refractivity contribution < 1.29 is 23.7 Å². The summed E-state index contributed by atoms with van der Waals surface area (Å²) in [5.41, 5.74) is 0.843. The third-order valence-corrected chi connectivity index (χ3v) is 3.58. The van der Waals surface area contributed by atoms with E-state index in [2.05, 4.69) is 5.32 Å². The molecule has 3 heterocycles. The van der Waals surface area contributed by atoms with Gasteiger partial charge in [0.05, 0.1) is 19.8 Å². The first kappa shape index (κ1) is 14.3. The summed E-state index contributed by atoms with van der Waals surface area (Å²) < 4.78 is 21.8. The molecule has 21 heavy (non-hydrogen) atoms. The van der Waals surface area contributed by atoms with E-state index >= 15 is 0 Å². The van der Waals surface area contributed by atoms with E-state index in [-0.39, 0.29) is 18.6 Å². The normalized spacial score (nSPS) is 30.9. The fourth-order valence-electron chi connectivity index (χ4n) is 2.21. The standard InChI is InChI=1S/C15H19NO5/c1-14-9-19-15(20-10-14,21-11-14)8-16-13(17)18-7-12-5-3-2-4-6-12/h2-6H,7-11H2,1H3,(H,16,17). The van der Waals surface area contributed by atoms with Crippen LogP contribution in [0, 0.1) is 5.41 Å². The average molecular weight is 293 g/mol. The molecule has 6 nitrogen and oxygen atoms in total. The quantitative estimate of drug-likeness (QED) is 0.914. The predicted molar refractivity (Wildman–Crippen MR) is 73.3 cm³/mol. The molecule has 6 heteroatoms. The van der Waals surface area contributed by atoms with E-state index in [1.54, 1.807) is 0 Å². The van der Waals surface area contributed by atoms with Gasteiger partial charge in [-0.1, -0.05) is 37.3 Å². The minimum Gasteiger partial charge on any atom is -0.445 e. The molecule has 1 amide bonds. The zero-order valence-corrected chi connectivity index (χ0v) is 12.0. The highest BCUT2D eigenvalue weighted by Crippen LogP contribution is 2.37. The summed E-state index contributed by atoms with van der Waals surface area (Å²) in [7, 11) is 0. The summed E-state index contributed by atoms with van der Waals surface area (Å²) in [4.78, 5) is 11.7. The molecule has 3 saturated heterocycles. The Hall–Kier alpha value is -1.63. The molecule has 2 bridgehead atoms. The molecule has 3 aliphatic rings. The lowest BCUT2D eigenvalue weighted by Gasteiger charge is -2.50. The number of nitrogens with one attached hydrogen (secondary N) is 1. The van der Waals surface area contributed by atoms with Crippen LogP contribution in [0.15, 0.2) is 30.3 Å². The molecule has 3 fully saturated rings. The lowest BCUT2D eigenvalue weighted by Crippen LogP contribution is -2.62. The maximum atomic E-state index is 11.7. The summed E-state index contributed by atoms with van der Waals surface area (Å²) >= 11 is 0. The molecule has 1 aromatic rings. The van der Waals surface area contributed by atoms with Crippen LogP contribution >= 0.6 is 0 Å². The fraction of sp³-hybridized carbons (Fsp3) is 0.533. The largest absolute Gasteiger partial charge is 0.445 e.